The molecule has 0 aromatic carbocycles. The monoisotopic (exact) mass is 165 g/mol. The zero-order valence-electron chi connectivity index (χ0n) is 6.73. The normalized spacial score (nSPS) is 22.5. The zero-order chi connectivity index (χ0) is 8.23. The minimum absolute atomic E-state index is 0.149. The molecule has 1 N–H and O–H groups in total. The van der Waals surface area contributed by atoms with Gasteiger partial charge in [-0.3, -0.25) is 5.32 Å². The highest BCUT2D eigenvalue weighted by Crippen LogP contribution is 2.12. The molecule has 0 spiro atoms. The smallest absolute Gasteiger partial charge is 0.158 e. The van der Waals surface area contributed by atoms with E-state index in [0.29, 0.717) is 0 Å². The average Bonchev–Trinajstić information content (AvgIpc) is 2.59. The minimum atomic E-state index is 0.149. The van der Waals surface area contributed by atoms with Crippen LogP contribution in [0.5, 0.6) is 5.75 Å². The van der Waals surface area contributed by atoms with E-state index in [0.717, 1.165) is 18.7 Å². The van der Waals surface area contributed by atoms with Gasteiger partial charge in [-0.05, 0) is 19.4 Å². The van der Waals surface area contributed by atoms with Gasteiger partial charge in [0.1, 0.15) is 12.6 Å². The van der Waals surface area contributed by atoms with Gasteiger partial charge >= 0.3 is 0 Å². The number of ether oxygens (including phenoxy) is 1. The van der Waals surface area contributed by atoms with E-state index in [1.165, 1.54) is 12.7 Å². The molecule has 0 amide bonds. The summed E-state index contributed by atoms with van der Waals surface area (Å²) < 4.78 is 5.54. The number of rotatable bonds is 2. The van der Waals surface area contributed by atoms with Crippen molar-refractivity contribution in [3.63, 3.8) is 0 Å². The van der Waals surface area contributed by atoms with Crippen molar-refractivity contribution in [2.75, 3.05) is 6.54 Å². The fraction of sp³-hybridized carbons (Fsp3) is 0.500. The van der Waals surface area contributed by atoms with E-state index in [1.807, 2.05) is 0 Å². The highest BCUT2D eigenvalue weighted by Gasteiger charge is 2.14. The summed E-state index contributed by atoms with van der Waals surface area (Å²) in [5.41, 5.74) is 0. The average molecular weight is 165 g/mol. The molecular formula is C8H11N3O. The van der Waals surface area contributed by atoms with E-state index in [-0.39, 0.29) is 6.23 Å². The summed E-state index contributed by atoms with van der Waals surface area (Å²) in [5.74, 6) is 0.733. The molecule has 2 rings (SSSR count). The SMILES string of the molecule is c1ncc(OC2CCCN2)cn1. The van der Waals surface area contributed by atoms with Crippen molar-refractivity contribution < 1.29 is 4.74 Å². The molecule has 1 unspecified atom stereocenters. The summed E-state index contributed by atoms with van der Waals surface area (Å²) in [6.07, 6.45) is 7.23. The quantitative estimate of drug-likeness (QED) is 0.695. The fourth-order valence-electron chi connectivity index (χ4n) is 1.26. The van der Waals surface area contributed by atoms with E-state index in [1.54, 1.807) is 12.4 Å². The van der Waals surface area contributed by atoms with Gasteiger partial charge < -0.3 is 4.74 Å². The van der Waals surface area contributed by atoms with Crippen LogP contribution >= 0.6 is 0 Å². The maximum Gasteiger partial charge on any atom is 0.158 e. The van der Waals surface area contributed by atoms with Gasteiger partial charge in [0.05, 0.1) is 12.4 Å². The molecule has 1 aromatic heterocycles. The molecule has 0 radical (unpaired) electrons. The van der Waals surface area contributed by atoms with Gasteiger partial charge in [-0.15, -0.1) is 0 Å². The van der Waals surface area contributed by atoms with Crippen LogP contribution in [0.1, 0.15) is 12.8 Å². The first-order valence-corrected chi connectivity index (χ1v) is 4.10. The lowest BCUT2D eigenvalue weighted by Crippen LogP contribution is -2.27. The second-order valence-corrected chi connectivity index (χ2v) is 2.78. The summed E-state index contributed by atoms with van der Waals surface area (Å²) in [6.45, 7) is 1.04. The third-order valence-electron chi connectivity index (χ3n) is 1.83. The van der Waals surface area contributed by atoms with Crippen LogP contribution in [0.25, 0.3) is 0 Å². The number of nitrogens with one attached hydrogen (secondary N) is 1. The third-order valence-corrected chi connectivity index (χ3v) is 1.83. The summed E-state index contributed by atoms with van der Waals surface area (Å²) >= 11 is 0. The molecule has 4 nitrogen and oxygen atoms in total. The highest BCUT2D eigenvalue weighted by atomic mass is 16.5. The van der Waals surface area contributed by atoms with E-state index >= 15 is 0 Å². The van der Waals surface area contributed by atoms with Gasteiger partial charge in [-0.1, -0.05) is 0 Å². The van der Waals surface area contributed by atoms with Gasteiger partial charge in [0.25, 0.3) is 0 Å². The van der Waals surface area contributed by atoms with Gasteiger partial charge in [0.2, 0.25) is 0 Å². The Morgan fingerprint density at radius 1 is 1.42 bits per heavy atom. The Kier molecular flexibility index (Phi) is 2.18. The number of nitrogens with zero attached hydrogens (tertiary/aromatic N) is 2. The molecule has 4 heteroatoms. The molecule has 1 aromatic rings. The molecular weight excluding hydrogens is 154 g/mol. The van der Waals surface area contributed by atoms with Crippen molar-refractivity contribution in [1.82, 2.24) is 15.3 Å². The predicted octanol–water partition coefficient (Wildman–Crippen LogP) is 0.565. The Morgan fingerprint density at radius 3 is 2.92 bits per heavy atom. The standard InChI is InChI=1S/C8H11N3O/c1-2-8(11-3-1)12-7-4-9-6-10-5-7/h4-6,8,11H,1-3H2. The molecule has 1 fully saturated rings. The second-order valence-electron chi connectivity index (χ2n) is 2.78. The molecule has 2 heterocycles. The van der Waals surface area contributed by atoms with Crippen molar-refractivity contribution in [3.05, 3.63) is 18.7 Å². The van der Waals surface area contributed by atoms with Crippen molar-refractivity contribution in [2.24, 2.45) is 0 Å². The Bertz CT molecular complexity index is 233. The summed E-state index contributed by atoms with van der Waals surface area (Å²) in [4.78, 5) is 7.73. The van der Waals surface area contributed by atoms with E-state index in [9.17, 15) is 0 Å². The fourth-order valence-corrected chi connectivity index (χ4v) is 1.26. The molecule has 12 heavy (non-hydrogen) atoms. The van der Waals surface area contributed by atoms with Gasteiger partial charge in [-0.25, -0.2) is 9.97 Å². The van der Waals surface area contributed by atoms with Crippen molar-refractivity contribution in [2.45, 2.75) is 19.1 Å². The predicted molar refractivity (Wildman–Crippen MR) is 43.7 cm³/mol. The molecule has 1 saturated heterocycles. The molecule has 0 aliphatic carbocycles. The van der Waals surface area contributed by atoms with Crippen LogP contribution in [0.15, 0.2) is 18.7 Å². The summed E-state index contributed by atoms with van der Waals surface area (Å²) in [7, 11) is 0. The highest BCUT2D eigenvalue weighted by molar-refractivity contribution is 5.10. The minimum Gasteiger partial charge on any atom is -0.472 e. The number of hydrogen-bond acceptors (Lipinski definition) is 4. The van der Waals surface area contributed by atoms with Crippen LogP contribution in [-0.4, -0.2) is 22.7 Å². The lowest BCUT2D eigenvalue weighted by Gasteiger charge is -2.11. The first-order chi connectivity index (χ1) is 5.95. The van der Waals surface area contributed by atoms with Crippen LogP contribution in [0.2, 0.25) is 0 Å². The molecule has 64 valence electrons. The largest absolute Gasteiger partial charge is 0.472 e. The van der Waals surface area contributed by atoms with Crippen molar-refractivity contribution >= 4 is 0 Å². The van der Waals surface area contributed by atoms with Crippen LogP contribution < -0.4 is 10.1 Å². The lowest BCUT2D eigenvalue weighted by molar-refractivity contribution is 0.186. The maximum absolute atomic E-state index is 5.54. The van der Waals surface area contributed by atoms with Crippen LogP contribution in [0.3, 0.4) is 0 Å². The van der Waals surface area contributed by atoms with Gasteiger partial charge in [0, 0.05) is 0 Å². The molecule has 1 aliphatic rings. The van der Waals surface area contributed by atoms with Crippen molar-refractivity contribution in [3.8, 4) is 5.75 Å². The number of hydrogen-bond donors (Lipinski definition) is 1. The zero-order valence-corrected chi connectivity index (χ0v) is 6.73. The van der Waals surface area contributed by atoms with E-state index < -0.39 is 0 Å². The van der Waals surface area contributed by atoms with E-state index in [4.69, 9.17) is 4.74 Å². The molecule has 1 atom stereocenters. The van der Waals surface area contributed by atoms with Gasteiger partial charge in [0.15, 0.2) is 5.75 Å². The number of aromatic nitrogens is 2. The van der Waals surface area contributed by atoms with Crippen LogP contribution in [0, 0.1) is 0 Å². The summed E-state index contributed by atoms with van der Waals surface area (Å²) in [5, 5.41) is 3.23. The first kappa shape index (κ1) is 7.49. The summed E-state index contributed by atoms with van der Waals surface area (Å²) in [6, 6.07) is 0. The lowest BCUT2D eigenvalue weighted by atomic mass is 10.4. The second kappa shape index (κ2) is 3.49. The first-order valence-electron chi connectivity index (χ1n) is 4.10. The van der Waals surface area contributed by atoms with Gasteiger partial charge in [-0.2, -0.15) is 0 Å². The van der Waals surface area contributed by atoms with Crippen molar-refractivity contribution in [1.29, 1.82) is 0 Å². The Balaban J connectivity index is 1.94. The Morgan fingerprint density at radius 2 is 2.25 bits per heavy atom. The Hall–Kier alpha value is -1.16. The third kappa shape index (κ3) is 1.71. The molecule has 0 bridgehead atoms. The van der Waals surface area contributed by atoms with E-state index in [2.05, 4.69) is 15.3 Å². The van der Waals surface area contributed by atoms with Crippen LogP contribution in [-0.2, 0) is 0 Å². The Labute approximate surface area is 71.0 Å². The van der Waals surface area contributed by atoms with Crippen LogP contribution in [0.4, 0.5) is 0 Å². The molecule has 1 aliphatic heterocycles. The maximum atomic E-state index is 5.54. The molecule has 0 saturated carbocycles. The topological polar surface area (TPSA) is 47.0 Å².